The highest BCUT2D eigenvalue weighted by Gasteiger charge is 2.00. The smallest absolute Gasteiger partial charge is 0.0833 e. The van der Waals surface area contributed by atoms with Gasteiger partial charge in [-0.25, -0.2) is 0 Å². The van der Waals surface area contributed by atoms with Crippen molar-refractivity contribution in [3.63, 3.8) is 0 Å². The van der Waals surface area contributed by atoms with Crippen molar-refractivity contribution < 1.29 is 0 Å². The Morgan fingerprint density at radius 3 is 2.50 bits per heavy atom. The van der Waals surface area contributed by atoms with Crippen LogP contribution in [0.4, 0.5) is 0 Å². The third-order valence-electron chi connectivity index (χ3n) is 0.915. The Morgan fingerprint density at radius 1 is 1.38 bits per heavy atom. The molecule has 0 aromatic rings. The summed E-state index contributed by atoms with van der Waals surface area (Å²) in [5.41, 5.74) is 0. The minimum Gasteiger partial charge on any atom is -0.253 e. The summed E-state index contributed by atoms with van der Waals surface area (Å²) in [5.74, 6) is 0. The lowest BCUT2D eigenvalue weighted by atomic mass is 10.3. The van der Waals surface area contributed by atoms with E-state index in [9.17, 15) is 0 Å². The maximum Gasteiger partial charge on any atom is 0.0833 e. The second kappa shape index (κ2) is 2.78. The molecule has 0 aromatic heterocycles. The zero-order chi connectivity index (χ0) is 5.98. The van der Waals surface area contributed by atoms with Crippen LogP contribution in [0.1, 0.15) is 12.8 Å². The summed E-state index contributed by atoms with van der Waals surface area (Å²) < 4.78 is 2.22. The molecule has 0 N–H and O–H groups in total. The highest BCUT2D eigenvalue weighted by atomic mass is 79.9. The summed E-state index contributed by atoms with van der Waals surface area (Å²) in [6.07, 6.45) is 3.93. The van der Waals surface area contributed by atoms with Gasteiger partial charge in [0.05, 0.1) is 4.62 Å². The first-order chi connectivity index (χ1) is 3.79. The van der Waals surface area contributed by atoms with E-state index in [1.807, 2.05) is 6.20 Å². The molecule has 0 saturated heterocycles. The van der Waals surface area contributed by atoms with E-state index in [0.717, 1.165) is 17.5 Å². The van der Waals surface area contributed by atoms with E-state index in [1.165, 1.54) is 4.48 Å². The van der Waals surface area contributed by atoms with Crippen molar-refractivity contribution in [2.45, 2.75) is 12.8 Å². The minimum atomic E-state index is 1.02. The summed E-state index contributed by atoms with van der Waals surface area (Å²) in [6, 6.07) is 0. The third kappa shape index (κ3) is 1.71. The predicted octanol–water partition coefficient (Wildman–Crippen LogP) is 2.81. The first kappa shape index (κ1) is 6.49. The number of allylic oxidation sites excluding steroid dienone is 1. The van der Waals surface area contributed by atoms with E-state index < -0.39 is 0 Å². The zero-order valence-electron chi connectivity index (χ0n) is 4.19. The Balaban J connectivity index is 2.65. The summed E-state index contributed by atoms with van der Waals surface area (Å²) >= 11 is 6.65. The van der Waals surface area contributed by atoms with Crippen LogP contribution in [0.2, 0.25) is 0 Å². The van der Waals surface area contributed by atoms with Crippen molar-refractivity contribution in [3.8, 4) is 0 Å². The van der Waals surface area contributed by atoms with Crippen molar-refractivity contribution in [1.82, 2.24) is 0 Å². The molecule has 0 bridgehead atoms. The molecule has 1 heterocycles. The van der Waals surface area contributed by atoms with Crippen LogP contribution in [0.15, 0.2) is 15.7 Å². The Morgan fingerprint density at radius 2 is 2.12 bits per heavy atom. The van der Waals surface area contributed by atoms with Gasteiger partial charge in [-0.2, -0.15) is 0 Å². The van der Waals surface area contributed by atoms with Gasteiger partial charge in [0.2, 0.25) is 0 Å². The fourth-order valence-electron chi connectivity index (χ4n) is 0.492. The molecule has 0 aromatic carbocycles. The molecule has 0 fully saturated rings. The van der Waals surface area contributed by atoms with Gasteiger partial charge in [-0.3, -0.25) is 4.99 Å². The van der Waals surface area contributed by atoms with Crippen molar-refractivity contribution in [2.75, 3.05) is 0 Å². The molecule has 44 valence electrons. The van der Waals surface area contributed by atoms with Gasteiger partial charge >= 0.3 is 0 Å². The topological polar surface area (TPSA) is 12.4 Å². The van der Waals surface area contributed by atoms with Crippen LogP contribution in [-0.4, -0.2) is 4.62 Å². The first-order valence-corrected chi connectivity index (χ1v) is 3.94. The normalized spacial score (nSPS) is 19.8. The van der Waals surface area contributed by atoms with E-state index in [-0.39, 0.29) is 0 Å². The van der Waals surface area contributed by atoms with E-state index in [4.69, 9.17) is 0 Å². The molecule has 0 aliphatic carbocycles. The van der Waals surface area contributed by atoms with Gasteiger partial charge in [-0.1, -0.05) is 15.9 Å². The molecule has 3 heteroatoms. The molecule has 1 aliphatic rings. The lowest BCUT2D eigenvalue weighted by Gasteiger charge is -2.01. The predicted molar refractivity (Wildman–Crippen MR) is 42.6 cm³/mol. The summed E-state index contributed by atoms with van der Waals surface area (Å²) in [7, 11) is 0. The largest absolute Gasteiger partial charge is 0.253 e. The Hall–Kier alpha value is 0.370. The van der Waals surface area contributed by atoms with E-state index in [0.29, 0.717) is 0 Å². The van der Waals surface area contributed by atoms with Gasteiger partial charge < -0.3 is 0 Å². The van der Waals surface area contributed by atoms with Gasteiger partial charge in [0, 0.05) is 17.1 Å². The summed E-state index contributed by atoms with van der Waals surface area (Å²) in [5, 5.41) is 0. The van der Waals surface area contributed by atoms with Crippen LogP contribution in [0.5, 0.6) is 0 Å². The van der Waals surface area contributed by atoms with Gasteiger partial charge in [-0.15, -0.1) is 0 Å². The van der Waals surface area contributed by atoms with Crippen LogP contribution in [0.3, 0.4) is 0 Å². The number of halogens is 2. The lowest BCUT2D eigenvalue weighted by Crippen LogP contribution is -1.90. The van der Waals surface area contributed by atoms with Gasteiger partial charge in [0.25, 0.3) is 0 Å². The SMILES string of the molecule is BrC1=CN=C(Br)CC1. The number of hydrogen-bond acceptors (Lipinski definition) is 1. The zero-order valence-corrected chi connectivity index (χ0v) is 7.37. The molecule has 0 amide bonds. The van der Waals surface area contributed by atoms with Crippen LogP contribution >= 0.6 is 31.9 Å². The Bertz CT molecular complexity index is 131. The first-order valence-electron chi connectivity index (χ1n) is 2.36. The maximum absolute atomic E-state index is 4.04. The number of aliphatic imine (C=N–C) groups is 1. The number of nitrogens with zero attached hydrogens (tertiary/aromatic N) is 1. The fourth-order valence-corrected chi connectivity index (χ4v) is 1.09. The number of hydrogen-bond donors (Lipinski definition) is 0. The van der Waals surface area contributed by atoms with Crippen molar-refractivity contribution in [3.05, 3.63) is 10.7 Å². The quantitative estimate of drug-likeness (QED) is 0.616. The van der Waals surface area contributed by atoms with Crippen LogP contribution in [0.25, 0.3) is 0 Å². The van der Waals surface area contributed by atoms with Crippen molar-refractivity contribution >= 4 is 36.5 Å². The molecule has 0 saturated carbocycles. The van der Waals surface area contributed by atoms with Gasteiger partial charge in [0.15, 0.2) is 0 Å². The Kier molecular flexibility index (Phi) is 2.26. The number of rotatable bonds is 0. The van der Waals surface area contributed by atoms with E-state index >= 15 is 0 Å². The molecule has 0 atom stereocenters. The van der Waals surface area contributed by atoms with E-state index in [2.05, 4.69) is 36.9 Å². The Labute approximate surface area is 65.1 Å². The molecule has 8 heavy (non-hydrogen) atoms. The van der Waals surface area contributed by atoms with Gasteiger partial charge in [-0.05, 0) is 22.4 Å². The highest BCUT2D eigenvalue weighted by Crippen LogP contribution is 2.19. The average molecular weight is 239 g/mol. The molecule has 1 rings (SSSR count). The second-order valence-corrected chi connectivity index (χ2v) is 3.52. The fraction of sp³-hybridized carbons (Fsp3) is 0.400. The van der Waals surface area contributed by atoms with E-state index in [1.54, 1.807) is 0 Å². The lowest BCUT2D eigenvalue weighted by molar-refractivity contribution is 1.07. The minimum absolute atomic E-state index is 1.02. The molecule has 0 spiro atoms. The standard InChI is InChI=1S/C5H5Br2N/c6-4-1-2-5(7)8-3-4/h3H,1-2H2. The van der Waals surface area contributed by atoms with Crippen molar-refractivity contribution in [1.29, 1.82) is 0 Å². The summed E-state index contributed by atoms with van der Waals surface area (Å²) in [6.45, 7) is 0. The van der Waals surface area contributed by atoms with Crippen molar-refractivity contribution in [2.24, 2.45) is 4.99 Å². The monoisotopic (exact) mass is 237 g/mol. The molecule has 0 radical (unpaired) electrons. The van der Waals surface area contributed by atoms with Crippen LogP contribution < -0.4 is 0 Å². The molecular formula is C5H5Br2N. The molecule has 0 unspecified atom stereocenters. The van der Waals surface area contributed by atoms with Crippen LogP contribution in [-0.2, 0) is 0 Å². The highest BCUT2D eigenvalue weighted by molar-refractivity contribution is 9.18. The van der Waals surface area contributed by atoms with Gasteiger partial charge in [0.1, 0.15) is 0 Å². The molecule has 1 nitrogen and oxygen atoms in total. The third-order valence-corrected chi connectivity index (χ3v) is 2.12. The summed E-state index contributed by atoms with van der Waals surface area (Å²) in [4.78, 5) is 4.04. The maximum atomic E-state index is 4.04. The molecule has 1 aliphatic heterocycles. The van der Waals surface area contributed by atoms with Crippen LogP contribution in [0, 0.1) is 0 Å². The second-order valence-electron chi connectivity index (χ2n) is 1.58. The molecular weight excluding hydrogens is 234 g/mol. The average Bonchev–Trinajstić information content (AvgIpc) is 1.77.